The molecule has 1 atom stereocenters. The van der Waals surface area contributed by atoms with Crippen molar-refractivity contribution in [2.24, 2.45) is 0 Å². The Balaban J connectivity index is 2.28. The summed E-state index contributed by atoms with van der Waals surface area (Å²) in [5.74, 6) is 0. The van der Waals surface area contributed by atoms with Gasteiger partial charge in [-0.25, -0.2) is 13.1 Å². The minimum absolute atomic E-state index is 0.0378. The number of hydrogen-bond donors (Lipinski definition) is 2. The van der Waals surface area contributed by atoms with Crippen molar-refractivity contribution in [3.8, 4) is 0 Å². The summed E-state index contributed by atoms with van der Waals surface area (Å²) in [6, 6.07) is 5.38. The highest BCUT2D eigenvalue weighted by atomic mass is 32.2. The Kier molecular flexibility index (Phi) is 4.04. The van der Waals surface area contributed by atoms with E-state index >= 15 is 0 Å². The molecule has 18 heavy (non-hydrogen) atoms. The molecular formula is C13H20N2O2S. The zero-order valence-corrected chi connectivity index (χ0v) is 11.7. The SMILES string of the molecule is CCC(C)NS(=O)(=O)c1ccc2c(c1)CNCC2. The number of nitrogens with one attached hydrogen (secondary N) is 2. The Morgan fingerprint density at radius 2 is 2.17 bits per heavy atom. The number of fused-ring (bicyclic) bond motifs is 1. The van der Waals surface area contributed by atoms with Crippen LogP contribution in [0.15, 0.2) is 23.1 Å². The van der Waals surface area contributed by atoms with Crippen molar-refractivity contribution in [3.05, 3.63) is 29.3 Å². The molecule has 0 bridgehead atoms. The van der Waals surface area contributed by atoms with Crippen LogP contribution in [-0.2, 0) is 23.0 Å². The zero-order valence-electron chi connectivity index (χ0n) is 10.9. The van der Waals surface area contributed by atoms with Crippen molar-refractivity contribution < 1.29 is 8.42 Å². The van der Waals surface area contributed by atoms with Crippen molar-refractivity contribution in [2.75, 3.05) is 6.54 Å². The number of hydrogen-bond acceptors (Lipinski definition) is 3. The highest BCUT2D eigenvalue weighted by Crippen LogP contribution is 2.19. The molecule has 2 rings (SSSR count). The van der Waals surface area contributed by atoms with Crippen LogP contribution in [0, 0.1) is 0 Å². The van der Waals surface area contributed by atoms with Gasteiger partial charge in [0.2, 0.25) is 10.0 Å². The van der Waals surface area contributed by atoms with Crippen LogP contribution in [-0.4, -0.2) is 21.0 Å². The van der Waals surface area contributed by atoms with Crippen LogP contribution in [0.3, 0.4) is 0 Å². The molecule has 0 radical (unpaired) electrons. The minimum Gasteiger partial charge on any atom is -0.312 e. The maximum Gasteiger partial charge on any atom is 0.240 e. The van der Waals surface area contributed by atoms with Crippen molar-refractivity contribution >= 4 is 10.0 Å². The van der Waals surface area contributed by atoms with E-state index < -0.39 is 10.0 Å². The minimum atomic E-state index is -3.38. The van der Waals surface area contributed by atoms with E-state index in [1.165, 1.54) is 5.56 Å². The van der Waals surface area contributed by atoms with E-state index in [0.29, 0.717) is 4.90 Å². The van der Waals surface area contributed by atoms with E-state index in [2.05, 4.69) is 10.0 Å². The van der Waals surface area contributed by atoms with E-state index in [-0.39, 0.29) is 6.04 Å². The molecule has 0 saturated heterocycles. The van der Waals surface area contributed by atoms with Crippen LogP contribution in [0.2, 0.25) is 0 Å². The Hall–Kier alpha value is -0.910. The molecule has 1 heterocycles. The van der Waals surface area contributed by atoms with Crippen molar-refractivity contribution in [1.29, 1.82) is 0 Å². The average molecular weight is 268 g/mol. The first kappa shape index (κ1) is 13.5. The standard InChI is InChI=1S/C13H20N2O2S/c1-3-10(2)15-18(16,17)13-5-4-11-6-7-14-9-12(11)8-13/h4-5,8,10,14-15H,3,6-7,9H2,1-2H3. The molecule has 4 nitrogen and oxygen atoms in total. The molecule has 1 aliphatic rings. The molecule has 0 amide bonds. The molecule has 5 heteroatoms. The highest BCUT2D eigenvalue weighted by molar-refractivity contribution is 7.89. The molecule has 0 aromatic heterocycles. The van der Waals surface area contributed by atoms with Gasteiger partial charge in [-0.15, -0.1) is 0 Å². The molecule has 2 N–H and O–H groups in total. The maximum absolute atomic E-state index is 12.2. The van der Waals surface area contributed by atoms with Crippen molar-refractivity contribution in [1.82, 2.24) is 10.0 Å². The molecular weight excluding hydrogens is 248 g/mol. The first-order chi connectivity index (χ1) is 8.53. The van der Waals surface area contributed by atoms with E-state index in [1.807, 2.05) is 19.9 Å². The summed E-state index contributed by atoms with van der Waals surface area (Å²) in [7, 11) is -3.38. The van der Waals surface area contributed by atoms with Gasteiger partial charge in [0.15, 0.2) is 0 Å². The lowest BCUT2D eigenvalue weighted by Gasteiger charge is -2.18. The predicted molar refractivity (Wildman–Crippen MR) is 71.9 cm³/mol. The molecule has 1 aromatic rings. The summed E-state index contributed by atoms with van der Waals surface area (Å²) in [5.41, 5.74) is 2.34. The number of sulfonamides is 1. The third-order valence-electron chi connectivity index (χ3n) is 3.34. The Labute approximate surface area is 109 Å². The monoisotopic (exact) mass is 268 g/mol. The smallest absolute Gasteiger partial charge is 0.240 e. The molecule has 1 aromatic carbocycles. The van der Waals surface area contributed by atoms with Gasteiger partial charge in [-0.05, 0) is 49.6 Å². The summed E-state index contributed by atoms with van der Waals surface area (Å²) in [6.07, 6.45) is 1.75. The lowest BCUT2D eigenvalue weighted by atomic mass is 10.0. The lowest BCUT2D eigenvalue weighted by molar-refractivity contribution is 0.555. The first-order valence-electron chi connectivity index (χ1n) is 6.38. The maximum atomic E-state index is 12.2. The second kappa shape index (κ2) is 5.38. The van der Waals surface area contributed by atoms with Crippen molar-refractivity contribution in [2.45, 2.75) is 44.2 Å². The van der Waals surface area contributed by atoms with Crippen LogP contribution in [0.4, 0.5) is 0 Å². The van der Waals surface area contributed by atoms with Crippen LogP contribution in [0.5, 0.6) is 0 Å². The Bertz CT molecular complexity index is 526. The quantitative estimate of drug-likeness (QED) is 0.868. The Morgan fingerprint density at radius 1 is 1.39 bits per heavy atom. The Morgan fingerprint density at radius 3 is 2.89 bits per heavy atom. The molecule has 1 unspecified atom stereocenters. The summed E-state index contributed by atoms with van der Waals surface area (Å²) in [4.78, 5) is 0.366. The van der Waals surface area contributed by atoms with Gasteiger partial charge in [-0.3, -0.25) is 0 Å². The van der Waals surface area contributed by atoms with Crippen LogP contribution in [0.1, 0.15) is 31.4 Å². The molecule has 1 aliphatic heterocycles. The van der Waals surface area contributed by atoms with E-state index in [9.17, 15) is 8.42 Å². The highest BCUT2D eigenvalue weighted by Gasteiger charge is 2.18. The van der Waals surface area contributed by atoms with Gasteiger partial charge in [0.05, 0.1) is 4.90 Å². The summed E-state index contributed by atoms with van der Waals surface area (Å²) < 4.78 is 27.0. The number of benzene rings is 1. The van der Waals surface area contributed by atoms with Crippen LogP contribution < -0.4 is 10.0 Å². The van der Waals surface area contributed by atoms with Gasteiger partial charge in [0.1, 0.15) is 0 Å². The van der Waals surface area contributed by atoms with Crippen LogP contribution >= 0.6 is 0 Å². The van der Waals surface area contributed by atoms with Gasteiger partial charge < -0.3 is 5.32 Å². The zero-order chi connectivity index (χ0) is 13.2. The van der Waals surface area contributed by atoms with Crippen LogP contribution in [0.25, 0.3) is 0 Å². The first-order valence-corrected chi connectivity index (χ1v) is 7.86. The third kappa shape index (κ3) is 2.91. The normalized spacial score (nSPS) is 17.2. The summed E-state index contributed by atoms with van der Waals surface area (Å²) in [6.45, 7) is 5.55. The fourth-order valence-electron chi connectivity index (χ4n) is 2.04. The van der Waals surface area contributed by atoms with Crippen molar-refractivity contribution in [3.63, 3.8) is 0 Å². The molecule has 100 valence electrons. The van der Waals surface area contributed by atoms with Gasteiger partial charge in [0.25, 0.3) is 0 Å². The van der Waals surface area contributed by atoms with Gasteiger partial charge >= 0.3 is 0 Å². The molecule has 0 saturated carbocycles. The molecule has 0 aliphatic carbocycles. The van der Waals surface area contributed by atoms with Gasteiger partial charge in [-0.2, -0.15) is 0 Å². The van der Waals surface area contributed by atoms with E-state index in [0.717, 1.165) is 31.5 Å². The average Bonchev–Trinajstić information content (AvgIpc) is 2.37. The second-order valence-electron chi connectivity index (χ2n) is 4.79. The molecule has 0 spiro atoms. The lowest BCUT2D eigenvalue weighted by Crippen LogP contribution is -2.32. The predicted octanol–water partition coefficient (Wildman–Crippen LogP) is 1.41. The molecule has 0 fully saturated rings. The number of rotatable bonds is 4. The largest absolute Gasteiger partial charge is 0.312 e. The fourth-order valence-corrected chi connectivity index (χ4v) is 3.42. The van der Waals surface area contributed by atoms with Gasteiger partial charge in [-0.1, -0.05) is 13.0 Å². The van der Waals surface area contributed by atoms with E-state index in [1.54, 1.807) is 12.1 Å². The third-order valence-corrected chi connectivity index (χ3v) is 4.93. The van der Waals surface area contributed by atoms with E-state index in [4.69, 9.17) is 0 Å². The fraction of sp³-hybridized carbons (Fsp3) is 0.538. The second-order valence-corrected chi connectivity index (χ2v) is 6.50. The van der Waals surface area contributed by atoms with Gasteiger partial charge in [0, 0.05) is 12.6 Å². The summed E-state index contributed by atoms with van der Waals surface area (Å²) >= 11 is 0. The topological polar surface area (TPSA) is 58.2 Å². The summed E-state index contributed by atoms with van der Waals surface area (Å²) in [5, 5.41) is 3.26.